The summed E-state index contributed by atoms with van der Waals surface area (Å²) in [6.45, 7) is 15.4. The molecule has 6 N–H and O–H groups in total. The van der Waals surface area contributed by atoms with E-state index >= 15 is 13.3 Å². The second-order valence-corrected chi connectivity index (χ2v) is 29.6. The fourth-order valence-corrected chi connectivity index (χ4v) is 20.3. The molecule has 0 bridgehead atoms. The van der Waals surface area contributed by atoms with Crippen LogP contribution >= 0.6 is 16.1 Å². The lowest BCUT2D eigenvalue weighted by Crippen LogP contribution is -2.62. The fourth-order valence-electron chi connectivity index (χ4n) is 8.50. The zero-order valence-electron chi connectivity index (χ0n) is 40.6. The summed E-state index contributed by atoms with van der Waals surface area (Å²) in [6, 6.07) is 1.84. The number of hydrogen-bond acceptors (Lipinski definition) is 19. The number of aromatic nitrogens is 7. The molecule has 25 nitrogen and oxygen atoms in total. The Morgan fingerprint density at radius 2 is 1.63 bits per heavy atom. The average Bonchev–Trinajstić information content (AvgIpc) is 4.04. The average molecular weight is 1080 g/mol. The number of anilines is 1. The number of nitrogens with zero attached hydrogens (tertiary/aromatic N) is 6. The molecule has 0 radical (unpaired) electrons. The highest BCUT2D eigenvalue weighted by Gasteiger charge is 2.60. The first-order chi connectivity index (χ1) is 33.3. The van der Waals surface area contributed by atoms with Gasteiger partial charge in [-0.15, -0.1) is 0 Å². The van der Waals surface area contributed by atoms with E-state index in [1.807, 2.05) is 61.5 Å². The van der Waals surface area contributed by atoms with Crippen LogP contribution in [-0.4, -0.2) is 128 Å². The molecule has 71 heavy (non-hydrogen) atoms. The van der Waals surface area contributed by atoms with E-state index in [9.17, 15) is 39.0 Å². The number of H-pyrrole nitrogens is 2. The topological polar surface area (TPSA) is 336 Å². The number of phosphoric acid groups is 1. The number of amides is 1. The quantitative estimate of drug-likeness (QED) is 0.0329. The number of halogens is 2. The van der Waals surface area contributed by atoms with Gasteiger partial charge in [0.15, 0.2) is 41.3 Å². The smallest absolute Gasteiger partial charge is 0.414 e. The second kappa shape index (κ2) is 22.7. The number of carbonyl (C=O) groups excluding carboxylic acids is 1. The first-order valence-corrected chi connectivity index (χ1v) is 29.5. The molecule has 4 aromatic rings. The third kappa shape index (κ3) is 11.6. The van der Waals surface area contributed by atoms with Crippen LogP contribution in [0.15, 0.2) is 28.4 Å². The van der Waals surface area contributed by atoms with E-state index in [2.05, 4.69) is 30.2 Å². The van der Waals surface area contributed by atoms with Crippen LogP contribution in [0.25, 0.3) is 22.2 Å². The highest BCUT2D eigenvalue weighted by Crippen LogP contribution is 2.56. The van der Waals surface area contributed by atoms with E-state index in [0.29, 0.717) is 0 Å². The van der Waals surface area contributed by atoms with Crippen LogP contribution < -0.4 is 16.4 Å². The van der Waals surface area contributed by atoms with Gasteiger partial charge in [0, 0.05) is 12.1 Å². The standard InChI is InChI=1S/C40H61F2N9O16P2Si2/c1-19(2)35(53)48-40-47-34-29(37(55)49-40)46-18-51(34)38-28(42)30(64-68(56)57)26(63-38)16-61-69(58,60-13-11-12-43)65-32-31(66-71(22(7)8,23(9)10)67-70(59,20(3)4)21(5)6)25(15-52)62-39(32)50-14-24(41)27-33(50)44-17-45-36(27)54/h14,17-23,25-26,28,30-32,38-39,52,59,68H,11,13,15-16H2,1-10H3,(H,56,57)(H,44,45,54)(H2,47,48,49,53,55)/t25-,26-,28-,30-,31-,32-,38-,39-,69?/m1/s1. The molecule has 2 aliphatic rings. The summed E-state index contributed by atoms with van der Waals surface area (Å²) in [4.78, 5) is 77.5. The zero-order valence-corrected chi connectivity index (χ0v) is 44.5. The van der Waals surface area contributed by atoms with E-state index in [1.165, 1.54) is 0 Å². The minimum atomic E-state index is -5.23. The van der Waals surface area contributed by atoms with Crippen LogP contribution in [-0.2, 0) is 50.0 Å². The lowest BCUT2D eigenvalue weighted by atomic mass is 10.1. The first-order valence-electron chi connectivity index (χ1n) is 22.8. The SMILES string of the molecule is CC(C)C(=O)Nc1nc2c(ncn2[C@@H]2O[C@H](COP(=O)(OCCC#N)O[C@@H]3[C@H](O[Si](O[Si](O)(C(C)C)C(C)C)(C(C)C)C(C)C)[C@@H](CO)O[C@H]3n3cc(F)c4c(=O)[nH]cnc43)[C@@H](O[PH](=O)O)[C@H]2F)c(=O)[nH]1. The van der Waals surface area contributed by atoms with Gasteiger partial charge in [-0.05, 0) is 22.2 Å². The van der Waals surface area contributed by atoms with Crippen LogP contribution in [0.4, 0.5) is 14.7 Å². The van der Waals surface area contributed by atoms with Gasteiger partial charge in [0.1, 0.15) is 35.9 Å². The van der Waals surface area contributed by atoms with Crippen molar-refractivity contribution < 1.29 is 73.6 Å². The molecule has 31 heteroatoms. The molecule has 0 spiro atoms. The lowest BCUT2D eigenvalue weighted by Gasteiger charge is -2.47. The minimum Gasteiger partial charge on any atom is -0.414 e. The maximum Gasteiger partial charge on any atom is 0.475 e. The summed E-state index contributed by atoms with van der Waals surface area (Å²) in [5, 5.41) is 22.4. The van der Waals surface area contributed by atoms with Crippen molar-refractivity contribution in [2.24, 2.45) is 5.92 Å². The maximum absolute atomic E-state index is 16.6. The number of alkyl halides is 1. The molecule has 2 saturated heterocycles. The number of rotatable bonds is 23. The van der Waals surface area contributed by atoms with Crippen LogP contribution in [0.1, 0.15) is 88.1 Å². The number of nitrogens with one attached hydrogen (secondary N) is 3. The van der Waals surface area contributed by atoms with Crippen molar-refractivity contribution >= 4 is 67.3 Å². The molecule has 6 rings (SSSR count). The molecule has 2 unspecified atom stereocenters. The van der Waals surface area contributed by atoms with Crippen molar-refractivity contribution in [3.63, 3.8) is 0 Å². The lowest BCUT2D eigenvalue weighted by molar-refractivity contribution is -0.118. The van der Waals surface area contributed by atoms with Gasteiger partial charge in [0.2, 0.25) is 11.9 Å². The van der Waals surface area contributed by atoms with Gasteiger partial charge in [0.25, 0.3) is 11.1 Å². The van der Waals surface area contributed by atoms with E-state index < -0.39 is 147 Å². The first kappa shape index (κ1) is 56.3. The Labute approximate surface area is 408 Å². The van der Waals surface area contributed by atoms with Gasteiger partial charge < -0.3 is 46.9 Å². The Kier molecular flexibility index (Phi) is 18.0. The fraction of sp³-hybridized carbons (Fsp3) is 0.675. The van der Waals surface area contributed by atoms with Crippen LogP contribution in [0, 0.1) is 23.1 Å². The molecule has 10 atom stereocenters. The summed E-state index contributed by atoms with van der Waals surface area (Å²) >= 11 is 0. The molecule has 2 fully saturated rings. The molecule has 1 amide bonds. The van der Waals surface area contributed by atoms with Gasteiger partial charge in [-0.25, -0.2) is 23.3 Å². The van der Waals surface area contributed by atoms with Crippen LogP contribution in [0.5, 0.6) is 0 Å². The highest BCUT2D eigenvalue weighted by atomic mass is 31.2. The Bertz CT molecular complexity index is 2760. The van der Waals surface area contributed by atoms with E-state index in [-0.39, 0.29) is 40.3 Å². The van der Waals surface area contributed by atoms with Crippen molar-refractivity contribution in [3.05, 3.63) is 45.4 Å². The number of imidazole rings is 1. The predicted molar refractivity (Wildman–Crippen MR) is 253 cm³/mol. The van der Waals surface area contributed by atoms with Gasteiger partial charge in [-0.3, -0.25) is 47.4 Å². The van der Waals surface area contributed by atoms with Crippen molar-refractivity contribution in [1.29, 1.82) is 5.26 Å². The molecule has 4 aromatic heterocycles. The van der Waals surface area contributed by atoms with E-state index in [0.717, 1.165) is 28.0 Å². The van der Waals surface area contributed by atoms with Crippen molar-refractivity contribution in [3.8, 4) is 6.07 Å². The summed E-state index contributed by atoms with van der Waals surface area (Å²) in [6.07, 6.45) is -11.7. The Hall–Kier alpha value is -3.96. The van der Waals surface area contributed by atoms with E-state index in [4.69, 9.17) is 36.1 Å². The molecule has 2 aliphatic heterocycles. The van der Waals surface area contributed by atoms with E-state index in [1.54, 1.807) is 13.8 Å². The number of hydrogen-bond donors (Lipinski definition) is 6. The molecule has 0 saturated carbocycles. The molecule has 394 valence electrons. The normalized spacial score (nSPS) is 24.5. The Balaban J connectivity index is 1.43. The van der Waals surface area contributed by atoms with Crippen molar-refractivity contribution in [2.75, 3.05) is 25.1 Å². The zero-order chi connectivity index (χ0) is 52.5. The monoisotopic (exact) mass is 1080 g/mol. The summed E-state index contributed by atoms with van der Waals surface area (Å²) in [5.74, 6) is -2.38. The number of fused-ring (bicyclic) bond motifs is 2. The van der Waals surface area contributed by atoms with Gasteiger partial charge in [0.05, 0.1) is 45.0 Å². The summed E-state index contributed by atoms with van der Waals surface area (Å²) < 4.78 is 111. The number of nitriles is 1. The van der Waals surface area contributed by atoms with Crippen LogP contribution in [0.3, 0.4) is 0 Å². The Morgan fingerprint density at radius 3 is 2.23 bits per heavy atom. The number of carbonyl (C=O) groups is 1. The maximum atomic E-state index is 16.6. The molecule has 0 aromatic carbocycles. The second-order valence-electron chi connectivity index (χ2n) is 18.6. The highest BCUT2D eigenvalue weighted by molar-refractivity contribution is 7.48. The third-order valence-electron chi connectivity index (χ3n) is 12.3. The molecule has 6 heterocycles. The Morgan fingerprint density at radius 1 is 0.972 bits per heavy atom. The minimum absolute atomic E-state index is 0.270. The van der Waals surface area contributed by atoms with Crippen molar-refractivity contribution in [2.45, 2.75) is 147 Å². The number of aliphatic hydroxyl groups excluding tert-OH is 1. The predicted octanol–water partition coefficient (Wildman–Crippen LogP) is 4.84. The van der Waals surface area contributed by atoms with Crippen LogP contribution in [0.2, 0.25) is 22.2 Å². The van der Waals surface area contributed by atoms with Gasteiger partial charge in [-0.2, -0.15) is 10.2 Å². The van der Waals surface area contributed by atoms with Gasteiger partial charge >= 0.3 is 33.2 Å². The number of aromatic amines is 2. The number of aliphatic hydroxyl groups is 1. The number of ether oxygens (including phenoxy) is 2. The molecular weight excluding hydrogens is 1020 g/mol. The number of phosphoric ester groups is 1. The largest absolute Gasteiger partial charge is 0.475 e. The summed E-state index contributed by atoms with van der Waals surface area (Å²) in [7, 11) is -16.7. The molecular formula is C40H61F2N9O16P2Si2. The third-order valence-corrected chi connectivity index (χ3v) is 24.0. The summed E-state index contributed by atoms with van der Waals surface area (Å²) in [5.41, 5.74) is -4.06. The van der Waals surface area contributed by atoms with Gasteiger partial charge in [-0.1, -0.05) is 69.2 Å². The molecule has 0 aliphatic carbocycles. The van der Waals surface area contributed by atoms with Crippen molar-refractivity contribution in [1.82, 2.24) is 34.1 Å².